The van der Waals surface area contributed by atoms with E-state index < -0.39 is 48.3 Å². The number of rotatable bonds is 4. The lowest BCUT2D eigenvalue weighted by Crippen LogP contribution is -2.25. The van der Waals surface area contributed by atoms with Crippen LogP contribution in [0.3, 0.4) is 0 Å². The molecule has 1 atom stereocenters. The van der Waals surface area contributed by atoms with E-state index in [0.29, 0.717) is 12.1 Å². The molecule has 0 aliphatic rings. The fourth-order valence-electron chi connectivity index (χ4n) is 1.69. The minimum Gasteiger partial charge on any atom is -0.481 e. The van der Waals surface area contributed by atoms with Gasteiger partial charge in [-0.3, -0.25) is 4.79 Å². The number of carboxylic acid groups (broad SMARTS) is 1. The maximum atomic E-state index is 12.6. The average Bonchev–Trinajstić information content (AvgIpc) is 2.33. The van der Waals surface area contributed by atoms with E-state index in [1.54, 1.807) is 0 Å². The number of hydrogen-bond acceptors (Lipinski definition) is 2. The lowest BCUT2D eigenvalue weighted by molar-refractivity contribution is -0.143. The van der Waals surface area contributed by atoms with Gasteiger partial charge in [0.2, 0.25) is 0 Å². The SMILES string of the molecule is Cl.NC[C@H](Cc1cc(C(F)(F)F)cc(C(F)(F)F)c1)C(=O)O. The molecule has 0 aromatic heterocycles. The number of hydrogen-bond donors (Lipinski definition) is 2. The van der Waals surface area contributed by atoms with Crippen molar-refractivity contribution in [2.75, 3.05) is 6.54 Å². The van der Waals surface area contributed by atoms with Gasteiger partial charge in [0, 0.05) is 6.54 Å². The molecule has 0 aliphatic carbocycles. The number of nitrogens with two attached hydrogens (primary N) is 1. The molecule has 22 heavy (non-hydrogen) atoms. The molecular formula is C12H12ClF6NO2. The number of benzene rings is 1. The van der Waals surface area contributed by atoms with Crippen molar-refractivity contribution >= 4 is 18.4 Å². The third-order valence-corrected chi connectivity index (χ3v) is 2.76. The standard InChI is InChI=1S/C12H11F6NO2.ClH/c13-11(14,15)8-2-6(1-7(5-19)10(20)21)3-9(4-8)12(16,17)18;/h2-4,7H,1,5,19H2,(H,20,21);1H/t7-;/m0./s1. The molecule has 1 rings (SSSR count). The molecule has 10 heteroatoms. The summed E-state index contributed by atoms with van der Waals surface area (Å²) in [5.74, 6) is -2.64. The van der Waals surface area contributed by atoms with Crippen molar-refractivity contribution in [3.8, 4) is 0 Å². The first kappa shape index (κ1) is 20.5. The quantitative estimate of drug-likeness (QED) is 0.818. The molecule has 0 amide bonds. The molecule has 3 nitrogen and oxygen atoms in total. The largest absolute Gasteiger partial charge is 0.481 e. The second kappa shape index (κ2) is 7.19. The second-order valence-corrected chi connectivity index (χ2v) is 4.39. The Kier molecular flexibility index (Phi) is 6.70. The summed E-state index contributed by atoms with van der Waals surface area (Å²) in [6.07, 6.45) is -10.4. The Labute approximate surface area is 127 Å². The van der Waals surface area contributed by atoms with Crippen molar-refractivity contribution in [1.82, 2.24) is 0 Å². The Bertz CT molecular complexity index is 497. The van der Waals surface area contributed by atoms with Gasteiger partial charge in [0.05, 0.1) is 17.0 Å². The van der Waals surface area contributed by atoms with Crippen LogP contribution in [-0.2, 0) is 23.6 Å². The first-order chi connectivity index (χ1) is 9.45. The van der Waals surface area contributed by atoms with Gasteiger partial charge in [-0.15, -0.1) is 12.4 Å². The molecule has 0 radical (unpaired) electrons. The lowest BCUT2D eigenvalue weighted by atomic mass is 9.96. The zero-order valence-electron chi connectivity index (χ0n) is 10.8. The topological polar surface area (TPSA) is 63.3 Å². The van der Waals surface area contributed by atoms with E-state index in [1.165, 1.54) is 0 Å². The Balaban J connectivity index is 0.00000441. The van der Waals surface area contributed by atoms with Crippen molar-refractivity contribution in [2.24, 2.45) is 11.7 Å². The molecule has 0 heterocycles. The molecule has 0 bridgehead atoms. The van der Waals surface area contributed by atoms with Gasteiger partial charge >= 0.3 is 18.3 Å². The van der Waals surface area contributed by atoms with E-state index in [-0.39, 0.29) is 24.0 Å². The molecule has 0 spiro atoms. The molecule has 126 valence electrons. The fourth-order valence-corrected chi connectivity index (χ4v) is 1.69. The van der Waals surface area contributed by atoms with Gasteiger partial charge in [-0.05, 0) is 30.2 Å². The van der Waals surface area contributed by atoms with Gasteiger partial charge in [-0.25, -0.2) is 0 Å². The van der Waals surface area contributed by atoms with E-state index in [0.717, 1.165) is 0 Å². The first-order valence-electron chi connectivity index (χ1n) is 5.66. The Hall–Kier alpha value is -1.48. The number of halogens is 7. The van der Waals surface area contributed by atoms with Gasteiger partial charge in [-0.1, -0.05) is 0 Å². The fraction of sp³-hybridized carbons (Fsp3) is 0.417. The van der Waals surface area contributed by atoms with Crippen LogP contribution in [0.4, 0.5) is 26.3 Å². The van der Waals surface area contributed by atoms with Crippen molar-refractivity contribution in [3.63, 3.8) is 0 Å². The number of alkyl halides is 6. The molecule has 0 aliphatic heterocycles. The summed E-state index contributed by atoms with van der Waals surface area (Å²) in [5, 5.41) is 8.77. The van der Waals surface area contributed by atoms with Crippen LogP contribution in [0, 0.1) is 5.92 Å². The molecule has 0 saturated carbocycles. The predicted molar refractivity (Wildman–Crippen MR) is 67.6 cm³/mol. The van der Waals surface area contributed by atoms with Crippen LogP contribution >= 0.6 is 12.4 Å². The molecule has 0 saturated heterocycles. The Morgan fingerprint density at radius 2 is 1.45 bits per heavy atom. The molecule has 0 unspecified atom stereocenters. The van der Waals surface area contributed by atoms with Gasteiger partial charge in [0.15, 0.2) is 0 Å². The monoisotopic (exact) mass is 351 g/mol. The average molecular weight is 352 g/mol. The number of aliphatic carboxylic acids is 1. The summed E-state index contributed by atoms with van der Waals surface area (Å²) in [6, 6.07) is 0.989. The third-order valence-electron chi connectivity index (χ3n) is 2.76. The van der Waals surface area contributed by atoms with Crippen LogP contribution < -0.4 is 5.73 Å². The molecule has 3 N–H and O–H groups in total. The highest BCUT2D eigenvalue weighted by Gasteiger charge is 2.37. The molecule has 0 fully saturated rings. The van der Waals surface area contributed by atoms with E-state index in [2.05, 4.69) is 0 Å². The zero-order valence-corrected chi connectivity index (χ0v) is 11.6. The van der Waals surface area contributed by atoms with Crippen molar-refractivity contribution < 1.29 is 36.2 Å². The molecule has 1 aromatic rings. The second-order valence-electron chi connectivity index (χ2n) is 4.39. The molecular weight excluding hydrogens is 340 g/mol. The van der Waals surface area contributed by atoms with E-state index in [4.69, 9.17) is 10.8 Å². The van der Waals surface area contributed by atoms with Crippen LogP contribution in [0.2, 0.25) is 0 Å². The Morgan fingerprint density at radius 3 is 1.73 bits per heavy atom. The van der Waals surface area contributed by atoms with Crippen LogP contribution in [0.25, 0.3) is 0 Å². The zero-order chi connectivity index (χ0) is 16.4. The smallest absolute Gasteiger partial charge is 0.416 e. The first-order valence-corrected chi connectivity index (χ1v) is 5.66. The summed E-state index contributed by atoms with van der Waals surface area (Å²) in [7, 11) is 0. The van der Waals surface area contributed by atoms with Gasteiger partial charge in [-0.2, -0.15) is 26.3 Å². The van der Waals surface area contributed by atoms with Crippen LogP contribution in [0.15, 0.2) is 18.2 Å². The highest BCUT2D eigenvalue weighted by Crippen LogP contribution is 2.36. The summed E-state index contributed by atoms with van der Waals surface area (Å²) in [5.41, 5.74) is 1.81. The number of carboxylic acids is 1. The highest BCUT2D eigenvalue weighted by molar-refractivity contribution is 5.85. The molecule has 1 aromatic carbocycles. The Morgan fingerprint density at radius 1 is 1.05 bits per heavy atom. The predicted octanol–water partition coefficient (Wildman–Crippen LogP) is 3.35. The van der Waals surface area contributed by atoms with Gasteiger partial charge in [0.1, 0.15) is 0 Å². The normalized spacial score (nSPS) is 13.4. The minimum atomic E-state index is -4.96. The lowest BCUT2D eigenvalue weighted by Gasteiger charge is -2.16. The van der Waals surface area contributed by atoms with Crippen molar-refractivity contribution in [3.05, 3.63) is 34.9 Å². The van der Waals surface area contributed by atoms with Crippen LogP contribution in [-0.4, -0.2) is 17.6 Å². The number of carbonyl (C=O) groups is 1. The summed E-state index contributed by atoms with van der Waals surface area (Å²) >= 11 is 0. The maximum Gasteiger partial charge on any atom is 0.416 e. The van der Waals surface area contributed by atoms with E-state index >= 15 is 0 Å². The minimum absolute atomic E-state index is 0. The van der Waals surface area contributed by atoms with Crippen molar-refractivity contribution in [1.29, 1.82) is 0 Å². The van der Waals surface area contributed by atoms with E-state index in [1.807, 2.05) is 0 Å². The summed E-state index contributed by atoms with van der Waals surface area (Å²) in [4.78, 5) is 10.8. The third kappa shape index (κ3) is 5.38. The van der Waals surface area contributed by atoms with Gasteiger partial charge in [0.25, 0.3) is 0 Å². The van der Waals surface area contributed by atoms with Crippen molar-refractivity contribution in [2.45, 2.75) is 18.8 Å². The van der Waals surface area contributed by atoms with E-state index in [9.17, 15) is 31.1 Å². The van der Waals surface area contributed by atoms with Gasteiger partial charge < -0.3 is 10.8 Å². The maximum absolute atomic E-state index is 12.6. The van der Waals surface area contributed by atoms with Crippen LogP contribution in [0.1, 0.15) is 16.7 Å². The highest BCUT2D eigenvalue weighted by atomic mass is 35.5. The van der Waals surface area contributed by atoms with Crippen LogP contribution in [0.5, 0.6) is 0 Å². The summed E-state index contributed by atoms with van der Waals surface area (Å²) in [6.45, 7) is -0.396. The summed E-state index contributed by atoms with van der Waals surface area (Å²) < 4.78 is 75.6.